The smallest absolute Gasteiger partial charge is 0.248 e. The fraction of sp³-hybridized carbons (Fsp3) is 0.143. The average Bonchev–Trinajstić information content (AvgIpc) is 2.32. The van der Waals surface area contributed by atoms with E-state index in [1.54, 1.807) is 30.4 Å². The highest BCUT2D eigenvalue weighted by Gasteiger charge is 2.06. The molecule has 5 heteroatoms. The average molecular weight is 323 g/mol. The van der Waals surface area contributed by atoms with Crippen LogP contribution in [0.4, 0.5) is 11.4 Å². The van der Waals surface area contributed by atoms with Gasteiger partial charge in [0.25, 0.3) is 0 Å². The molecule has 4 nitrogen and oxygen atoms in total. The van der Waals surface area contributed by atoms with E-state index in [4.69, 9.17) is 0 Å². The van der Waals surface area contributed by atoms with Gasteiger partial charge in [-0.2, -0.15) is 0 Å². The van der Waals surface area contributed by atoms with Crippen LogP contribution < -0.4 is 10.6 Å². The molecule has 100 valence electrons. The summed E-state index contributed by atoms with van der Waals surface area (Å²) in [5.41, 5.74) is 1.10. The molecule has 0 aliphatic heterocycles. The largest absolute Gasteiger partial charge is 0.325 e. The van der Waals surface area contributed by atoms with Crippen molar-refractivity contribution in [2.75, 3.05) is 10.6 Å². The molecule has 0 bridgehead atoms. The highest BCUT2D eigenvalue weighted by atomic mass is 79.9. The second-order valence-corrected chi connectivity index (χ2v) is 4.66. The molecule has 0 aliphatic carbocycles. The topological polar surface area (TPSA) is 58.2 Å². The van der Waals surface area contributed by atoms with Crippen LogP contribution in [0.5, 0.6) is 0 Å². The molecule has 0 aromatic heterocycles. The van der Waals surface area contributed by atoms with Crippen molar-refractivity contribution in [3.63, 3.8) is 0 Å². The summed E-state index contributed by atoms with van der Waals surface area (Å²) in [5.74, 6) is -0.454. The van der Waals surface area contributed by atoms with Crippen molar-refractivity contribution in [2.24, 2.45) is 0 Å². The predicted molar refractivity (Wildman–Crippen MR) is 81.0 cm³/mol. The zero-order valence-electron chi connectivity index (χ0n) is 10.7. The summed E-state index contributed by atoms with van der Waals surface area (Å²) in [6.07, 6.45) is 6.64. The van der Waals surface area contributed by atoms with Gasteiger partial charge in [0.2, 0.25) is 11.8 Å². The van der Waals surface area contributed by atoms with Gasteiger partial charge in [-0.25, -0.2) is 0 Å². The first kappa shape index (κ1) is 15.2. The van der Waals surface area contributed by atoms with Gasteiger partial charge in [0.1, 0.15) is 0 Å². The second-order valence-electron chi connectivity index (χ2n) is 3.75. The standard InChI is InChI=1S/C14H15BrN2O2/c1-3-4-5-6-14(19)17-13-9-11(15)7-8-12(13)16-10(2)18/h3-9H,1-2H3,(H,16,18)(H,17,19)/b4-3+,6-5-. The Balaban J connectivity index is 2.89. The summed E-state index contributed by atoms with van der Waals surface area (Å²) in [6, 6.07) is 5.24. The lowest BCUT2D eigenvalue weighted by atomic mass is 10.2. The normalized spacial score (nSPS) is 10.9. The molecule has 0 heterocycles. The Labute approximate surface area is 120 Å². The van der Waals surface area contributed by atoms with Crippen LogP contribution in [-0.2, 0) is 9.59 Å². The van der Waals surface area contributed by atoms with Crippen LogP contribution in [0.2, 0.25) is 0 Å². The van der Waals surface area contributed by atoms with E-state index in [0.29, 0.717) is 11.4 Å². The van der Waals surface area contributed by atoms with E-state index >= 15 is 0 Å². The van der Waals surface area contributed by atoms with Gasteiger partial charge < -0.3 is 10.6 Å². The maximum atomic E-state index is 11.7. The molecule has 19 heavy (non-hydrogen) atoms. The molecule has 0 atom stereocenters. The molecule has 0 saturated heterocycles. The number of amides is 2. The Morgan fingerprint density at radius 1 is 1.16 bits per heavy atom. The molecular formula is C14H15BrN2O2. The minimum atomic E-state index is -0.261. The number of hydrogen-bond donors (Lipinski definition) is 2. The van der Waals surface area contributed by atoms with E-state index in [2.05, 4.69) is 26.6 Å². The zero-order valence-corrected chi connectivity index (χ0v) is 12.3. The molecule has 0 saturated carbocycles. The van der Waals surface area contributed by atoms with E-state index in [9.17, 15) is 9.59 Å². The summed E-state index contributed by atoms with van der Waals surface area (Å²) >= 11 is 3.32. The first-order valence-electron chi connectivity index (χ1n) is 5.70. The third kappa shape index (κ3) is 5.52. The van der Waals surface area contributed by atoms with Gasteiger partial charge in [-0.05, 0) is 25.1 Å². The summed E-state index contributed by atoms with van der Waals surface area (Å²) in [4.78, 5) is 22.8. The number of allylic oxidation sites excluding steroid dienone is 3. The van der Waals surface area contributed by atoms with Crippen molar-refractivity contribution in [1.82, 2.24) is 0 Å². The van der Waals surface area contributed by atoms with Gasteiger partial charge >= 0.3 is 0 Å². The maximum absolute atomic E-state index is 11.7. The van der Waals surface area contributed by atoms with Gasteiger partial charge in [-0.15, -0.1) is 0 Å². The minimum Gasteiger partial charge on any atom is -0.325 e. The molecule has 0 radical (unpaired) electrons. The van der Waals surface area contributed by atoms with Gasteiger partial charge in [-0.1, -0.05) is 34.2 Å². The number of carbonyl (C=O) groups excluding carboxylic acids is 2. The van der Waals surface area contributed by atoms with Crippen LogP contribution in [-0.4, -0.2) is 11.8 Å². The first-order chi connectivity index (χ1) is 9.02. The van der Waals surface area contributed by atoms with Crippen molar-refractivity contribution in [1.29, 1.82) is 0 Å². The van der Waals surface area contributed by atoms with E-state index < -0.39 is 0 Å². The number of nitrogens with one attached hydrogen (secondary N) is 2. The lowest BCUT2D eigenvalue weighted by Crippen LogP contribution is -2.13. The molecule has 0 fully saturated rings. The van der Waals surface area contributed by atoms with Crippen LogP contribution >= 0.6 is 15.9 Å². The Hall–Kier alpha value is -1.88. The van der Waals surface area contributed by atoms with Crippen LogP contribution in [0.15, 0.2) is 47.0 Å². The Kier molecular flexibility index (Phi) is 6.02. The Morgan fingerprint density at radius 2 is 1.89 bits per heavy atom. The fourth-order valence-corrected chi connectivity index (χ4v) is 1.71. The van der Waals surface area contributed by atoms with Crippen LogP contribution in [0.3, 0.4) is 0 Å². The van der Waals surface area contributed by atoms with Crippen LogP contribution in [0.1, 0.15) is 13.8 Å². The van der Waals surface area contributed by atoms with Crippen molar-refractivity contribution < 1.29 is 9.59 Å². The number of halogens is 1. The monoisotopic (exact) mass is 322 g/mol. The molecule has 1 aromatic carbocycles. The third-order valence-corrected chi connectivity index (χ3v) is 2.59. The number of carbonyl (C=O) groups is 2. The molecule has 0 aliphatic rings. The second kappa shape index (κ2) is 7.53. The molecule has 0 unspecified atom stereocenters. The van der Waals surface area contributed by atoms with Crippen LogP contribution in [0.25, 0.3) is 0 Å². The molecule has 1 aromatic rings. The summed E-state index contributed by atoms with van der Waals surface area (Å²) < 4.78 is 0.814. The SMILES string of the molecule is C/C=C/C=C\C(=O)Nc1cc(Br)ccc1NC(C)=O. The highest BCUT2D eigenvalue weighted by Crippen LogP contribution is 2.26. The molecule has 0 spiro atoms. The van der Waals surface area contributed by atoms with E-state index in [1.807, 2.05) is 13.0 Å². The third-order valence-electron chi connectivity index (χ3n) is 2.10. The van der Waals surface area contributed by atoms with Crippen molar-refractivity contribution in [2.45, 2.75) is 13.8 Å². The van der Waals surface area contributed by atoms with Crippen molar-refractivity contribution >= 4 is 39.1 Å². The Morgan fingerprint density at radius 3 is 2.53 bits per heavy atom. The van der Waals surface area contributed by atoms with Gasteiger partial charge in [-0.3, -0.25) is 9.59 Å². The number of anilines is 2. The van der Waals surface area contributed by atoms with Gasteiger partial charge in [0.05, 0.1) is 11.4 Å². The minimum absolute atomic E-state index is 0.192. The number of rotatable bonds is 4. The summed E-state index contributed by atoms with van der Waals surface area (Å²) in [7, 11) is 0. The quantitative estimate of drug-likeness (QED) is 0.658. The van der Waals surface area contributed by atoms with Crippen LogP contribution in [0, 0.1) is 0 Å². The van der Waals surface area contributed by atoms with E-state index in [0.717, 1.165) is 4.47 Å². The molecular weight excluding hydrogens is 308 g/mol. The van der Waals surface area contributed by atoms with Crippen molar-refractivity contribution in [3.05, 3.63) is 47.0 Å². The van der Waals surface area contributed by atoms with Gasteiger partial charge in [0.15, 0.2) is 0 Å². The maximum Gasteiger partial charge on any atom is 0.248 e. The lowest BCUT2D eigenvalue weighted by Gasteiger charge is -2.10. The van der Waals surface area contributed by atoms with E-state index in [1.165, 1.54) is 13.0 Å². The number of benzene rings is 1. The first-order valence-corrected chi connectivity index (χ1v) is 6.49. The summed E-state index contributed by atoms with van der Waals surface area (Å²) in [5, 5.41) is 5.37. The lowest BCUT2D eigenvalue weighted by molar-refractivity contribution is -0.114. The zero-order chi connectivity index (χ0) is 14.3. The molecule has 2 amide bonds. The molecule has 1 rings (SSSR count). The fourth-order valence-electron chi connectivity index (χ4n) is 1.35. The van der Waals surface area contributed by atoms with E-state index in [-0.39, 0.29) is 11.8 Å². The predicted octanol–water partition coefficient (Wildman–Crippen LogP) is 3.48. The molecule has 2 N–H and O–H groups in total. The highest BCUT2D eigenvalue weighted by molar-refractivity contribution is 9.10. The summed E-state index contributed by atoms with van der Waals surface area (Å²) in [6.45, 7) is 3.28. The number of hydrogen-bond acceptors (Lipinski definition) is 2. The Bertz CT molecular complexity index is 536. The van der Waals surface area contributed by atoms with Crippen molar-refractivity contribution in [3.8, 4) is 0 Å². The van der Waals surface area contributed by atoms with Gasteiger partial charge in [0, 0.05) is 17.5 Å².